The monoisotopic (exact) mass is 257 g/mol. The maximum absolute atomic E-state index is 10.9. The van der Waals surface area contributed by atoms with E-state index in [1.807, 2.05) is 6.92 Å². The highest BCUT2D eigenvalue weighted by Gasteiger charge is 2.17. The van der Waals surface area contributed by atoms with Crippen molar-refractivity contribution in [3.05, 3.63) is 28.3 Å². The van der Waals surface area contributed by atoms with Gasteiger partial charge in [0.05, 0.1) is 24.7 Å². The number of benzene rings is 1. The number of methoxy groups -OCH3 is 1. The van der Waals surface area contributed by atoms with Gasteiger partial charge in [-0.05, 0) is 23.8 Å². The molecule has 0 saturated carbocycles. The number of ether oxygens (including phenoxy) is 2. The predicted octanol–water partition coefficient (Wildman–Crippen LogP) is 2.55. The van der Waals surface area contributed by atoms with E-state index in [2.05, 4.69) is 12.6 Å². The summed E-state index contributed by atoms with van der Waals surface area (Å²) >= 11 is 4.13. The summed E-state index contributed by atoms with van der Waals surface area (Å²) < 4.78 is 10.3. The molecule has 1 atom stereocenters. The molecule has 94 valence electrons. The van der Waals surface area contributed by atoms with Crippen LogP contribution in [0.4, 0.5) is 5.69 Å². The van der Waals surface area contributed by atoms with E-state index in [1.54, 1.807) is 12.1 Å². The fourth-order valence-electron chi connectivity index (χ4n) is 1.17. The van der Waals surface area contributed by atoms with E-state index >= 15 is 0 Å². The number of nitro benzene ring substituents is 1. The average Bonchev–Trinajstić information content (AvgIpc) is 2.35. The molecule has 0 aliphatic rings. The second-order valence-corrected chi connectivity index (χ2v) is 4.05. The minimum Gasteiger partial charge on any atom is -0.496 e. The van der Waals surface area contributed by atoms with Crippen LogP contribution in [0.5, 0.6) is 11.5 Å². The highest BCUT2D eigenvalue weighted by molar-refractivity contribution is 7.80. The van der Waals surface area contributed by atoms with Crippen LogP contribution in [0.15, 0.2) is 18.2 Å². The summed E-state index contributed by atoms with van der Waals surface area (Å²) in [5, 5.41) is 10.9. The second-order valence-electron chi connectivity index (χ2n) is 3.69. The van der Waals surface area contributed by atoms with Gasteiger partial charge in [0.2, 0.25) is 0 Å². The number of rotatable bonds is 6. The summed E-state index contributed by atoms with van der Waals surface area (Å²) in [6, 6.07) is 4.52. The van der Waals surface area contributed by atoms with E-state index in [9.17, 15) is 10.1 Å². The molecule has 0 saturated heterocycles. The molecule has 0 heterocycles. The Labute approximate surface area is 105 Å². The van der Waals surface area contributed by atoms with Crippen LogP contribution in [0, 0.1) is 16.0 Å². The first-order valence-electron chi connectivity index (χ1n) is 5.14. The first-order chi connectivity index (χ1) is 8.08. The van der Waals surface area contributed by atoms with Crippen LogP contribution >= 0.6 is 12.6 Å². The lowest BCUT2D eigenvalue weighted by Crippen LogP contribution is -2.10. The van der Waals surface area contributed by atoms with Gasteiger partial charge in [0.25, 0.3) is 0 Å². The van der Waals surface area contributed by atoms with E-state index in [0.29, 0.717) is 18.1 Å². The third kappa shape index (κ3) is 3.81. The van der Waals surface area contributed by atoms with Crippen LogP contribution in [-0.2, 0) is 0 Å². The fourth-order valence-corrected chi connectivity index (χ4v) is 1.28. The van der Waals surface area contributed by atoms with Crippen LogP contribution in [0.1, 0.15) is 6.92 Å². The van der Waals surface area contributed by atoms with Gasteiger partial charge in [0, 0.05) is 0 Å². The molecule has 0 radical (unpaired) electrons. The van der Waals surface area contributed by atoms with Crippen molar-refractivity contribution in [1.82, 2.24) is 0 Å². The Kier molecular flexibility index (Phi) is 5.09. The zero-order valence-corrected chi connectivity index (χ0v) is 10.6. The van der Waals surface area contributed by atoms with Gasteiger partial charge in [-0.15, -0.1) is 0 Å². The van der Waals surface area contributed by atoms with E-state index < -0.39 is 4.92 Å². The average molecular weight is 257 g/mol. The van der Waals surface area contributed by atoms with Crippen molar-refractivity contribution in [2.75, 3.05) is 19.5 Å². The maximum Gasteiger partial charge on any atom is 0.314 e. The Balaban J connectivity index is 2.87. The molecular formula is C11H15NO4S. The Bertz CT molecular complexity index is 397. The minimum atomic E-state index is -0.483. The van der Waals surface area contributed by atoms with Gasteiger partial charge in [-0.3, -0.25) is 10.1 Å². The van der Waals surface area contributed by atoms with Crippen LogP contribution < -0.4 is 9.47 Å². The van der Waals surface area contributed by atoms with Crippen molar-refractivity contribution in [3.63, 3.8) is 0 Å². The first kappa shape index (κ1) is 13.6. The molecule has 0 aliphatic carbocycles. The summed E-state index contributed by atoms with van der Waals surface area (Å²) in [6.45, 7) is 2.36. The summed E-state index contributed by atoms with van der Waals surface area (Å²) in [6.07, 6.45) is 0. The molecule has 6 heteroatoms. The third-order valence-corrected chi connectivity index (χ3v) is 2.82. The fraction of sp³-hybridized carbons (Fsp3) is 0.455. The van der Waals surface area contributed by atoms with Gasteiger partial charge in [-0.2, -0.15) is 12.6 Å². The topological polar surface area (TPSA) is 61.6 Å². The van der Waals surface area contributed by atoms with Crippen molar-refractivity contribution in [2.24, 2.45) is 5.92 Å². The van der Waals surface area contributed by atoms with E-state index in [1.165, 1.54) is 13.2 Å². The summed E-state index contributed by atoms with van der Waals surface area (Å²) in [5.74, 6) is 1.60. The molecule has 1 aromatic rings. The zero-order chi connectivity index (χ0) is 12.8. The van der Waals surface area contributed by atoms with Crippen molar-refractivity contribution >= 4 is 18.3 Å². The molecule has 0 fully saturated rings. The van der Waals surface area contributed by atoms with Gasteiger partial charge in [-0.1, -0.05) is 6.92 Å². The van der Waals surface area contributed by atoms with Crippen LogP contribution in [0.2, 0.25) is 0 Å². The molecule has 1 unspecified atom stereocenters. The van der Waals surface area contributed by atoms with Crippen LogP contribution in [-0.4, -0.2) is 24.4 Å². The smallest absolute Gasteiger partial charge is 0.314 e. The number of hydrogen-bond donors (Lipinski definition) is 1. The summed E-state index contributed by atoms with van der Waals surface area (Å²) in [5.41, 5.74) is -0.0873. The molecular weight excluding hydrogens is 242 g/mol. The molecule has 1 rings (SSSR count). The molecule has 1 aromatic carbocycles. The zero-order valence-electron chi connectivity index (χ0n) is 9.75. The Morgan fingerprint density at radius 1 is 1.53 bits per heavy atom. The predicted molar refractivity (Wildman–Crippen MR) is 68.2 cm³/mol. The standard InChI is InChI=1S/C11H15NO4S/c1-8(7-17)6-16-11-4-3-9(15-2)5-10(11)12(13)14/h3-5,8,17H,6-7H2,1-2H3. The SMILES string of the molecule is COc1ccc(OCC(C)CS)c([N+](=O)[O-])c1. The van der Waals surface area contributed by atoms with Crippen LogP contribution in [0.25, 0.3) is 0 Å². The molecule has 0 amide bonds. The van der Waals surface area contributed by atoms with Gasteiger partial charge in [-0.25, -0.2) is 0 Å². The lowest BCUT2D eigenvalue weighted by molar-refractivity contribution is -0.386. The number of hydrogen-bond acceptors (Lipinski definition) is 5. The molecule has 0 bridgehead atoms. The molecule has 5 nitrogen and oxygen atoms in total. The van der Waals surface area contributed by atoms with Crippen molar-refractivity contribution in [1.29, 1.82) is 0 Å². The minimum absolute atomic E-state index is 0.0873. The quantitative estimate of drug-likeness (QED) is 0.483. The third-order valence-electron chi connectivity index (χ3n) is 2.20. The maximum atomic E-state index is 10.9. The summed E-state index contributed by atoms with van der Waals surface area (Å²) in [4.78, 5) is 10.4. The highest BCUT2D eigenvalue weighted by Crippen LogP contribution is 2.31. The second kappa shape index (κ2) is 6.34. The van der Waals surface area contributed by atoms with E-state index in [-0.39, 0.29) is 17.4 Å². The van der Waals surface area contributed by atoms with E-state index in [4.69, 9.17) is 9.47 Å². The Hall–Kier alpha value is -1.43. The van der Waals surface area contributed by atoms with Crippen molar-refractivity contribution in [3.8, 4) is 11.5 Å². The van der Waals surface area contributed by atoms with Gasteiger partial charge >= 0.3 is 5.69 Å². The van der Waals surface area contributed by atoms with Gasteiger partial charge in [0.15, 0.2) is 5.75 Å². The number of nitro groups is 1. The van der Waals surface area contributed by atoms with Crippen LogP contribution in [0.3, 0.4) is 0 Å². The normalized spacial score (nSPS) is 11.9. The largest absolute Gasteiger partial charge is 0.496 e. The van der Waals surface area contributed by atoms with Gasteiger partial charge in [0.1, 0.15) is 5.75 Å². The van der Waals surface area contributed by atoms with Gasteiger partial charge < -0.3 is 9.47 Å². The number of thiol groups is 1. The highest BCUT2D eigenvalue weighted by atomic mass is 32.1. The molecule has 0 aliphatic heterocycles. The molecule has 0 aromatic heterocycles. The molecule has 0 N–H and O–H groups in total. The lowest BCUT2D eigenvalue weighted by Gasteiger charge is -2.11. The number of nitrogens with zero attached hydrogens (tertiary/aromatic N) is 1. The van der Waals surface area contributed by atoms with Crippen molar-refractivity contribution < 1.29 is 14.4 Å². The lowest BCUT2D eigenvalue weighted by atomic mass is 10.2. The summed E-state index contributed by atoms with van der Waals surface area (Å²) in [7, 11) is 1.46. The van der Waals surface area contributed by atoms with Crippen molar-refractivity contribution in [2.45, 2.75) is 6.92 Å². The molecule has 17 heavy (non-hydrogen) atoms. The first-order valence-corrected chi connectivity index (χ1v) is 5.77. The van der Waals surface area contributed by atoms with E-state index in [0.717, 1.165) is 0 Å². The Morgan fingerprint density at radius 2 is 2.24 bits per heavy atom. The molecule has 0 spiro atoms. The Morgan fingerprint density at radius 3 is 2.76 bits per heavy atom.